The SMILES string of the molecule is Oc1cccc(C2=C(c3ccc(N[C@H]4CCN(CCCF)C4)cc3)c3ccc(O)cc3OCC2)c1. The van der Waals surface area contributed by atoms with Crippen LogP contribution < -0.4 is 10.1 Å². The van der Waals surface area contributed by atoms with E-state index in [1.807, 2.05) is 18.2 Å². The number of halogens is 1. The van der Waals surface area contributed by atoms with E-state index in [9.17, 15) is 14.6 Å². The maximum absolute atomic E-state index is 12.5. The van der Waals surface area contributed by atoms with Gasteiger partial charge in [-0.1, -0.05) is 24.3 Å². The number of alkyl halides is 1. The van der Waals surface area contributed by atoms with E-state index < -0.39 is 0 Å². The van der Waals surface area contributed by atoms with Gasteiger partial charge in [0, 0.05) is 49.4 Å². The van der Waals surface area contributed by atoms with Crippen molar-refractivity contribution in [3.8, 4) is 17.2 Å². The highest BCUT2D eigenvalue weighted by Crippen LogP contribution is 2.42. The molecular formula is C29H31FN2O3. The first kappa shape index (κ1) is 23.2. The third kappa shape index (κ3) is 5.28. The molecule has 0 bridgehead atoms. The predicted molar refractivity (Wildman–Crippen MR) is 138 cm³/mol. The van der Waals surface area contributed by atoms with Gasteiger partial charge in [-0.3, -0.25) is 4.39 Å². The molecule has 1 atom stereocenters. The van der Waals surface area contributed by atoms with Gasteiger partial charge in [0.1, 0.15) is 17.2 Å². The molecule has 3 aromatic rings. The van der Waals surface area contributed by atoms with Crippen LogP contribution in [0.25, 0.3) is 11.1 Å². The summed E-state index contributed by atoms with van der Waals surface area (Å²) in [5.74, 6) is 1.04. The minimum Gasteiger partial charge on any atom is -0.508 e. The van der Waals surface area contributed by atoms with E-state index in [0.717, 1.165) is 59.6 Å². The summed E-state index contributed by atoms with van der Waals surface area (Å²) in [5, 5.41) is 23.8. The van der Waals surface area contributed by atoms with Crippen molar-refractivity contribution in [1.82, 2.24) is 4.90 Å². The number of ether oxygens (including phenoxy) is 1. The number of hydrogen-bond donors (Lipinski definition) is 3. The lowest BCUT2D eigenvalue weighted by molar-refractivity contribution is 0.310. The predicted octanol–water partition coefficient (Wildman–Crippen LogP) is 5.69. The van der Waals surface area contributed by atoms with Crippen LogP contribution in [0, 0.1) is 0 Å². The maximum atomic E-state index is 12.5. The third-order valence-corrected chi connectivity index (χ3v) is 6.77. The number of anilines is 1. The zero-order valence-electron chi connectivity index (χ0n) is 19.7. The minimum absolute atomic E-state index is 0.167. The van der Waals surface area contributed by atoms with Crippen LogP contribution in [0.1, 0.15) is 36.0 Å². The Hall–Kier alpha value is -3.51. The molecule has 2 heterocycles. The number of rotatable bonds is 7. The fourth-order valence-corrected chi connectivity index (χ4v) is 5.11. The number of aromatic hydroxyl groups is 2. The zero-order valence-corrected chi connectivity index (χ0v) is 19.7. The van der Waals surface area contributed by atoms with Crippen molar-refractivity contribution < 1.29 is 19.3 Å². The van der Waals surface area contributed by atoms with Crippen LogP contribution in [0.4, 0.5) is 10.1 Å². The molecule has 0 saturated carbocycles. The normalized spacial score (nSPS) is 18.1. The number of benzene rings is 3. The van der Waals surface area contributed by atoms with Crippen molar-refractivity contribution >= 4 is 16.8 Å². The summed E-state index contributed by atoms with van der Waals surface area (Å²) in [6, 6.07) is 21.3. The molecule has 0 spiro atoms. The Morgan fingerprint density at radius 2 is 1.80 bits per heavy atom. The van der Waals surface area contributed by atoms with Crippen LogP contribution in [0.5, 0.6) is 17.2 Å². The number of phenols is 2. The molecule has 5 nitrogen and oxygen atoms in total. The van der Waals surface area contributed by atoms with Crippen LogP contribution in [0.3, 0.4) is 0 Å². The monoisotopic (exact) mass is 474 g/mol. The van der Waals surface area contributed by atoms with Crippen molar-refractivity contribution in [2.24, 2.45) is 0 Å². The Morgan fingerprint density at radius 3 is 2.60 bits per heavy atom. The van der Waals surface area contributed by atoms with Crippen molar-refractivity contribution in [2.75, 3.05) is 38.2 Å². The topological polar surface area (TPSA) is 65.0 Å². The molecule has 5 rings (SSSR count). The second-order valence-electron chi connectivity index (χ2n) is 9.23. The summed E-state index contributed by atoms with van der Waals surface area (Å²) < 4.78 is 18.5. The van der Waals surface area contributed by atoms with Gasteiger partial charge in [0.2, 0.25) is 0 Å². The van der Waals surface area contributed by atoms with Gasteiger partial charge in [-0.2, -0.15) is 0 Å². The van der Waals surface area contributed by atoms with Crippen molar-refractivity contribution in [1.29, 1.82) is 0 Å². The Labute approximate surface area is 205 Å². The Kier molecular flexibility index (Phi) is 6.91. The lowest BCUT2D eigenvalue weighted by Crippen LogP contribution is -2.27. The summed E-state index contributed by atoms with van der Waals surface area (Å²) in [6.45, 7) is 2.97. The Balaban J connectivity index is 1.47. The smallest absolute Gasteiger partial charge is 0.130 e. The summed E-state index contributed by atoms with van der Waals surface area (Å²) in [6.07, 6.45) is 2.32. The number of hydrogen-bond acceptors (Lipinski definition) is 5. The zero-order chi connectivity index (χ0) is 24.2. The minimum atomic E-state index is -0.260. The fourth-order valence-electron chi connectivity index (χ4n) is 5.11. The van der Waals surface area contributed by atoms with Crippen molar-refractivity contribution in [3.05, 3.63) is 83.4 Å². The average Bonchev–Trinajstić information content (AvgIpc) is 3.22. The van der Waals surface area contributed by atoms with Crippen LogP contribution in [0.2, 0.25) is 0 Å². The van der Waals surface area contributed by atoms with E-state index in [-0.39, 0.29) is 18.2 Å². The first-order chi connectivity index (χ1) is 17.1. The second-order valence-corrected chi connectivity index (χ2v) is 9.23. The van der Waals surface area contributed by atoms with E-state index in [1.54, 1.807) is 24.3 Å². The molecule has 0 aliphatic carbocycles. The van der Waals surface area contributed by atoms with E-state index in [2.05, 4.69) is 34.5 Å². The van der Waals surface area contributed by atoms with E-state index in [1.165, 1.54) is 0 Å². The molecule has 0 amide bonds. The first-order valence-electron chi connectivity index (χ1n) is 12.2. The number of likely N-dealkylation sites (tertiary alicyclic amines) is 1. The summed E-state index contributed by atoms with van der Waals surface area (Å²) in [5.41, 5.74) is 6.09. The molecule has 6 heteroatoms. The van der Waals surface area contributed by atoms with Crippen LogP contribution in [-0.2, 0) is 0 Å². The first-order valence-corrected chi connectivity index (χ1v) is 12.2. The van der Waals surface area contributed by atoms with Crippen LogP contribution >= 0.6 is 0 Å². The second kappa shape index (κ2) is 10.4. The van der Waals surface area contributed by atoms with Gasteiger partial charge < -0.3 is 25.2 Å². The Morgan fingerprint density at radius 1 is 0.971 bits per heavy atom. The quantitative estimate of drug-likeness (QED) is 0.411. The molecule has 182 valence electrons. The third-order valence-electron chi connectivity index (χ3n) is 6.77. The van der Waals surface area contributed by atoms with Crippen LogP contribution in [-0.4, -0.2) is 54.1 Å². The highest BCUT2D eigenvalue weighted by atomic mass is 19.1. The van der Waals surface area contributed by atoms with Gasteiger partial charge in [0.05, 0.1) is 13.3 Å². The van der Waals surface area contributed by atoms with E-state index >= 15 is 0 Å². The molecule has 1 saturated heterocycles. The molecule has 2 aliphatic rings. The standard InChI is InChI=1S/C29H31FN2O3/c30-13-2-14-32-15-11-23(19-32)31-22-7-5-20(6-8-22)29-26(21-3-1-4-24(33)17-21)12-16-35-28-18-25(34)9-10-27(28)29/h1,3-10,17-18,23,31,33-34H,2,11-16,19H2/t23-/m0/s1. The number of nitrogens with zero attached hydrogens (tertiary/aromatic N) is 1. The Bertz CT molecular complexity index is 1210. The largest absolute Gasteiger partial charge is 0.508 e. The lowest BCUT2D eigenvalue weighted by Gasteiger charge is -2.18. The number of nitrogens with one attached hydrogen (secondary N) is 1. The molecule has 3 aromatic carbocycles. The molecule has 0 unspecified atom stereocenters. The summed E-state index contributed by atoms with van der Waals surface area (Å²) in [7, 11) is 0. The summed E-state index contributed by atoms with van der Waals surface area (Å²) in [4.78, 5) is 2.32. The van der Waals surface area contributed by atoms with Gasteiger partial charge in [0.15, 0.2) is 0 Å². The number of phenolic OH excluding ortho intramolecular Hbond substituents is 2. The number of fused-ring (bicyclic) bond motifs is 1. The molecule has 35 heavy (non-hydrogen) atoms. The lowest BCUT2D eigenvalue weighted by atomic mass is 9.88. The molecular weight excluding hydrogens is 443 g/mol. The molecule has 2 aliphatic heterocycles. The van der Waals surface area contributed by atoms with Crippen molar-refractivity contribution in [3.63, 3.8) is 0 Å². The molecule has 0 radical (unpaired) electrons. The van der Waals surface area contributed by atoms with Gasteiger partial charge in [-0.25, -0.2) is 0 Å². The average molecular weight is 475 g/mol. The van der Waals surface area contributed by atoms with Gasteiger partial charge in [0.25, 0.3) is 0 Å². The highest BCUT2D eigenvalue weighted by molar-refractivity contribution is 6.00. The van der Waals surface area contributed by atoms with Crippen molar-refractivity contribution in [2.45, 2.75) is 25.3 Å². The van der Waals surface area contributed by atoms with Gasteiger partial charge >= 0.3 is 0 Å². The highest BCUT2D eigenvalue weighted by Gasteiger charge is 2.23. The maximum Gasteiger partial charge on any atom is 0.130 e. The van der Waals surface area contributed by atoms with Crippen LogP contribution in [0.15, 0.2) is 66.7 Å². The molecule has 1 fully saturated rings. The van der Waals surface area contributed by atoms with E-state index in [4.69, 9.17) is 4.74 Å². The molecule has 3 N–H and O–H groups in total. The fraction of sp³-hybridized carbons (Fsp3) is 0.310. The van der Waals surface area contributed by atoms with E-state index in [0.29, 0.717) is 31.2 Å². The van der Waals surface area contributed by atoms with Gasteiger partial charge in [-0.15, -0.1) is 0 Å². The summed E-state index contributed by atoms with van der Waals surface area (Å²) >= 11 is 0. The molecule has 0 aromatic heterocycles. The van der Waals surface area contributed by atoms with Gasteiger partial charge in [-0.05, 0) is 71.5 Å².